The second kappa shape index (κ2) is 8.13. The Labute approximate surface area is 129 Å². The van der Waals surface area contributed by atoms with E-state index in [1.165, 1.54) is 9.18 Å². The molecule has 0 unspecified atom stereocenters. The van der Waals surface area contributed by atoms with Gasteiger partial charge in [0.2, 0.25) is 0 Å². The van der Waals surface area contributed by atoms with Crippen LogP contribution in [0.3, 0.4) is 0 Å². The maximum atomic E-state index is 3.38. The van der Waals surface area contributed by atoms with E-state index in [0.29, 0.717) is 0 Å². The van der Waals surface area contributed by atoms with Gasteiger partial charge in [-0.05, 0) is 0 Å². The minimum atomic E-state index is -0.464. The first kappa shape index (κ1) is 14.3. The van der Waals surface area contributed by atoms with E-state index < -0.39 is 20.9 Å². The molecule has 0 radical (unpaired) electrons. The zero-order chi connectivity index (χ0) is 13.3. The molecule has 94 valence electrons. The van der Waals surface area contributed by atoms with Crippen molar-refractivity contribution in [3.8, 4) is 9.89 Å². The molecule has 0 N–H and O–H groups in total. The van der Waals surface area contributed by atoms with Gasteiger partial charge in [0.25, 0.3) is 0 Å². The van der Waals surface area contributed by atoms with E-state index in [2.05, 4.69) is 64.0 Å². The van der Waals surface area contributed by atoms with Crippen molar-refractivity contribution < 1.29 is 0 Å². The van der Waals surface area contributed by atoms with E-state index in [9.17, 15) is 0 Å². The molecule has 0 saturated carbocycles. The van der Waals surface area contributed by atoms with Gasteiger partial charge in [-0.3, -0.25) is 0 Å². The first-order valence-electron chi connectivity index (χ1n) is 5.91. The van der Waals surface area contributed by atoms with Gasteiger partial charge in [0.1, 0.15) is 0 Å². The Hall–Kier alpha value is -1.12. The molecule has 0 bridgehead atoms. The summed E-state index contributed by atoms with van der Waals surface area (Å²) >= 11 is 1.29. The predicted molar refractivity (Wildman–Crippen MR) is 87.0 cm³/mol. The molecular weight excluding hydrogens is 364 g/mol. The molecule has 2 aromatic rings. The molecule has 2 heteroatoms. The van der Waals surface area contributed by atoms with Crippen molar-refractivity contribution in [3.63, 3.8) is 0 Å². The molecular formula is C17H14STe. The molecule has 0 aliphatic rings. The van der Waals surface area contributed by atoms with Gasteiger partial charge in [0, 0.05) is 0 Å². The third kappa shape index (κ3) is 4.81. The van der Waals surface area contributed by atoms with Gasteiger partial charge in [0.15, 0.2) is 0 Å². The normalized spacial score (nSPS) is 10.7. The number of rotatable bonds is 3. The Morgan fingerprint density at radius 2 is 1.63 bits per heavy atom. The van der Waals surface area contributed by atoms with Crippen LogP contribution < -0.4 is 0 Å². The van der Waals surface area contributed by atoms with E-state index in [0.717, 1.165) is 5.56 Å². The third-order valence-corrected chi connectivity index (χ3v) is 5.57. The van der Waals surface area contributed by atoms with Gasteiger partial charge in [-0.15, -0.1) is 0 Å². The molecule has 0 fully saturated rings. The van der Waals surface area contributed by atoms with Crippen LogP contribution in [0.4, 0.5) is 0 Å². The van der Waals surface area contributed by atoms with Gasteiger partial charge in [0.05, 0.1) is 0 Å². The maximum absolute atomic E-state index is 3.38. The Bertz CT molecular complexity index is 591. The SMILES string of the molecule is CS/C=C(\[Te]C#Cc1ccccc1)c1ccccc1. The van der Waals surface area contributed by atoms with E-state index in [-0.39, 0.29) is 0 Å². The second-order valence-corrected chi connectivity index (χ2v) is 6.91. The van der Waals surface area contributed by atoms with Crippen molar-refractivity contribution in [2.45, 2.75) is 0 Å². The van der Waals surface area contributed by atoms with Crippen molar-refractivity contribution in [3.05, 3.63) is 77.2 Å². The van der Waals surface area contributed by atoms with E-state index in [1.54, 1.807) is 11.8 Å². The summed E-state index contributed by atoms with van der Waals surface area (Å²) in [5.41, 5.74) is 2.41. The summed E-state index contributed by atoms with van der Waals surface area (Å²) in [6, 6.07) is 20.7. The molecule has 0 aliphatic heterocycles. The van der Waals surface area contributed by atoms with Crippen LogP contribution in [0, 0.1) is 9.89 Å². The fraction of sp³-hybridized carbons (Fsp3) is 0.0588. The van der Waals surface area contributed by atoms with Crippen molar-refractivity contribution in [2.24, 2.45) is 0 Å². The molecule has 2 aromatic carbocycles. The molecule has 0 spiro atoms. The molecule has 0 aliphatic carbocycles. The van der Waals surface area contributed by atoms with Crippen molar-refractivity contribution in [2.75, 3.05) is 6.26 Å². The average molecular weight is 378 g/mol. The minimum absolute atomic E-state index is 0.464. The summed E-state index contributed by atoms with van der Waals surface area (Å²) in [5.74, 6) is 3.26. The number of hydrogen-bond donors (Lipinski definition) is 0. The molecule has 19 heavy (non-hydrogen) atoms. The standard InChI is InChI=1S/C17H14STe/c1-18-14-17(16-10-6-3-7-11-16)19-13-12-15-8-4-2-5-9-15/h2-11,14H,1H3/b17-14-. The van der Waals surface area contributed by atoms with Crippen LogP contribution in [0.5, 0.6) is 0 Å². The van der Waals surface area contributed by atoms with Gasteiger partial charge >= 0.3 is 130 Å². The fourth-order valence-electron chi connectivity index (χ4n) is 1.52. The Morgan fingerprint density at radius 3 is 2.26 bits per heavy atom. The first-order valence-corrected chi connectivity index (χ1v) is 9.53. The molecule has 0 amide bonds. The Balaban J connectivity index is 2.12. The van der Waals surface area contributed by atoms with Crippen LogP contribution in [0.15, 0.2) is 66.1 Å². The average Bonchev–Trinajstić information content (AvgIpc) is 2.48. The predicted octanol–water partition coefficient (Wildman–Crippen LogP) is 4.06. The second-order valence-electron chi connectivity index (χ2n) is 3.78. The first-order chi connectivity index (χ1) is 9.40. The van der Waals surface area contributed by atoms with Crippen LogP contribution in [0.2, 0.25) is 0 Å². The molecule has 2 rings (SSSR count). The van der Waals surface area contributed by atoms with Crippen molar-refractivity contribution in [1.82, 2.24) is 0 Å². The number of benzene rings is 2. The molecule has 0 aromatic heterocycles. The van der Waals surface area contributed by atoms with E-state index in [4.69, 9.17) is 0 Å². The van der Waals surface area contributed by atoms with E-state index in [1.807, 2.05) is 18.2 Å². The van der Waals surface area contributed by atoms with E-state index >= 15 is 0 Å². The van der Waals surface area contributed by atoms with Crippen LogP contribution in [-0.4, -0.2) is 27.2 Å². The summed E-state index contributed by atoms with van der Waals surface area (Å²) < 4.78 is 4.79. The fourth-order valence-corrected chi connectivity index (χ4v) is 4.68. The third-order valence-electron chi connectivity index (χ3n) is 2.41. The van der Waals surface area contributed by atoms with Gasteiger partial charge < -0.3 is 0 Å². The summed E-state index contributed by atoms with van der Waals surface area (Å²) in [4.78, 5) is 0. The topological polar surface area (TPSA) is 0 Å². The Morgan fingerprint density at radius 1 is 1.00 bits per heavy atom. The van der Waals surface area contributed by atoms with Crippen LogP contribution in [-0.2, 0) is 0 Å². The monoisotopic (exact) mass is 380 g/mol. The summed E-state index contributed by atoms with van der Waals surface area (Å²) in [7, 11) is 0. The zero-order valence-electron chi connectivity index (χ0n) is 10.7. The molecule has 0 atom stereocenters. The number of thioether (sulfide) groups is 1. The zero-order valence-corrected chi connectivity index (χ0v) is 13.8. The summed E-state index contributed by atoms with van der Waals surface area (Å²) in [5, 5.41) is 2.23. The quantitative estimate of drug-likeness (QED) is 0.574. The van der Waals surface area contributed by atoms with Crippen LogP contribution in [0.25, 0.3) is 3.62 Å². The molecule has 0 nitrogen and oxygen atoms in total. The van der Waals surface area contributed by atoms with Gasteiger partial charge in [-0.1, -0.05) is 0 Å². The van der Waals surface area contributed by atoms with Crippen molar-refractivity contribution in [1.29, 1.82) is 0 Å². The molecule has 0 heterocycles. The van der Waals surface area contributed by atoms with Gasteiger partial charge in [-0.2, -0.15) is 0 Å². The number of hydrogen-bond acceptors (Lipinski definition) is 1. The van der Waals surface area contributed by atoms with Crippen molar-refractivity contribution >= 4 is 36.3 Å². The summed E-state index contributed by atoms with van der Waals surface area (Å²) in [6.07, 6.45) is 2.10. The van der Waals surface area contributed by atoms with Crippen LogP contribution >= 0.6 is 11.8 Å². The Kier molecular flexibility index (Phi) is 6.12. The summed E-state index contributed by atoms with van der Waals surface area (Å²) in [6.45, 7) is 0. The van der Waals surface area contributed by atoms with Gasteiger partial charge in [-0.25, -0.2) is 0 Å². The van der Waals surface area contributed by atoms with Crippen LogP contribution in [0.1, 0.15) is 11.1 Å². The molecule has 0 saturated heterocycles.